The molecule has 2 heterocycles. The zero-order valence-electron chi connectivity index (χ0n) is 17.4. The number of methoxy groups -OCH3 is 2. The number of carboxylic acids is 1. The number of urea groups is 1. The Balaban J connectivity index is 1.86. The molecule has 0 spiro atoms. The third kappa shape index (κ3) is 4.56. The van der Waals surface area contributed by atoms with Crippen molar-refractivity contribution in [3.63, 3.8) is 0 Å². The second-order valence-electron chi connectivity index (χ2n) is 6.61. The van der Waals surface area contributed by atoms with E-state index in [0.717, 1.165) is 4.90 Å². The van der Waals surface area contributed by atoms with Gasteiger partial charge in [0.25, 0.3) is 5.91 Å². The Labute approximate surface area is 182 Å². The summed E-state index contributed by atoms with van der Waals surface area (Å²) in [5, 5.41) is 11.6. The van der Waals surface area contributed by atoms with Gasteiger partial charge in [0.15, 0.2) is 17.6 Å². The lowest BCUT2D eigenvalue weighted by Gasteiger charge is -2.16. The number of carbonyl (C=O) groups is 4. The smallest absolute Gasteiger partial charge is 0.373 e. The predicted molar refractivity (Wildman–Crippen MR) is 108 cm³/mol. The molecule has 2 N–H and O–H groups in total. The van der Waals surface area contributed by atoms with Crippen molar-refractivity contribution in [2.75, 3.05) is 14.2 Å². The molecule has 3 rings (SSSR count). The van der Waals surface area contributed by atoms with E-state index in [1.807, 2.05) is 0 Å². The number of nitrogens with one attached hydrogen (secondary N) is 1. The number of carbonyl (C=O) groups excluding carboxylic acids is 3. The molecule has 1 fully saturated rings. The van der Waals surface area contributed by atoms with Gasteiger partial charge in [-0.3, -0.25) is 9.69 Å². The summed E-state index contributed by atoms with van der Waals surface area (Å²) in [7, 11) is 2.59. The van der Waals surface area contributed by atoms with Crippen molar-refractivity contribution in [3.8, 4) is 11.5 Å². The lowest BCUT2D eigenvalue weighted by Crippen LogP contribution is -2.30. The Morgan fingerprint density at radius 2 is 1.97 bits per heavy atom. The largest absolute Gasteiger partial charge is 0.493 e. The topological polar surface area (TPSA) is 145 Å². The van der Waals surface area contributed by atoms with Crippen molar-refractivity contribution in [1.29, 1.82) is 0 Å². The van der Waals surface area contributed by atoms with Crippen LogP contribution < -0.4 is 14.8 Å². The monoisotopic (exact) mass is 444 g/mol. The average molecular weight is 444 g/mol. The van der Waals surface area contributed by atoms with E-state index < -0.39 is 30.0 Å². The van der Waals surface area contributed by atoms with Crippen LogP contribution in [0.3, 0.4) is 0 Å². The van der Waals surface area contributed by atoms with Crippen molar-refractivity contribution in [3.05, 3.63) is 53.1 Å². The van der Waals surface area contributed by atoms with Gasteiger partial charge in [-0.25, -0.2) is 14.4 Å². The fourth-order valence-corrected chi connectivity index (χ4v) is 2.86. The maximum absolute atomic E-state index is 12.8. The van der Waals surface area contributed by atoms with Crippen LogP contribution in [0.15, 0.2) is 40.4 Å². The molecule has 0 radical (unpaired) electrons. The SMILES string of the molecule is COC(=O)c1ccc(CN2C(=O)NC(=Cc3cccc(OC)c3OC(C)C(=O)O)C2=O)o1. The van der Waals surface area contributed by atoms with Crippen LogP contribution in [0.4, 0.5) is 4.79 Å². The number of benzene rings is 1. The quantitative estimate of drug-likeness (QED) is 0.355. The van der Waals surface area contributed by atoms with Crippen molar-refractivity contribution >= 4 is 30.0 Å². The molecule has 0 aliphatic carbocycles. The molecule has 168 valence electrons. The van der Waals surface area contributed by atoms with E-state index in [1.165, 1.54) is 39.4 Å². The molecule has 0 saturated carbocycles. The summed E-state index contributed by atoms with van der Waals surface area (Å²) in [6.45, 7) is 1.14. The van der Waals surface area contributed by atoms with Gasteiger partial charge in [-0.1, -0.05) is 12.1 Å². The number of amides is 3. The molecule has 32 heavy (non-hydrogen) atoms. The van der Waals surface area contributed by atoms with Gasteiger partial charge in [-0.05, 0) is 31.2 Å². The normalized spacial score (nSPS) is 15.5. The Bertz CT molecular complexity index is 1100. The highest BCUT2D eigenvalue weighted by molar-refractivity contribution is 6.14. The van der Waals surface area contributed by atoms with Gasteiger partial charge >= 0.3 is 18.0 Å². The van der Waals surface area contributed by atoms with Crippen LogP contribution in [0.5, 0.6) is 11.5 Å². The summed E-state index contributed by atoms with van der Waals surface area (Å²) in [6.07, 6.45) is 0.172. The molecule has 3 amide bonds. The molecule has 1 aromatic heterocycles. The van der Waals surface area contributed by atoms with Crippen LogP contribution >= 0.6 is 0 Å². The fraction of sp³-hybridized carbons (Fsp3) is 0.238. The summed E-state index contributed by atoms with van der Waals surface area (Å²) in [5.41, 5.74) is 0.268. The molecular weight excluding hydrogens is 424 g/mol. The van der Waals surface area contributed by atoms with Crippen molar-refractivity contribution in [2.45, 2.75) is 19.6 Å². The second-order valence-corrected chi connectivity index (χ2v) is 6.61. The van der Waals surface area contributed by atoms with Gasteiger partial charge in [0.05, 0.1) is 20.8 Å². The number of ether oxygens (including phenoxy) is 3. The van der Waals surface area contributed by atoms with E-state index in [-0.39, 0.29) is 35.3 Å². The molecule has 1 aromatic carbocycles. The summed E-state index contributed by atoms with van der Waals surface area (Å²) in [6, 6.07) is 6.91. The number of furan rings is 1. The predicted octanol–water partition coefficient (Wildman–Crippen LogP) is 2.02. The van der Waals surface area contributed by atoms with E-state index in [0.29, 0.717) is 5.56 Å². The van der Waals surface area contributed by atoms with E-state index in [4.69, 9.17) is 19.0 Å². The first kappa shape index (κ1) is 22.4. The number of hydrogen-bond acceptors (Lipinski definition) is 8. The molecule has 2 aromatic rings. The van der Waals surface area contributed by atoms with Gasteiger partial charge in [0.2, 0.25) is 5.76 Å². The highest BCUT2D eigenvalue weighted by atomic mass is 16.5. The summed E-state index contributed by atoms with van der Waals surface area (Å²) in [5.74, 6) is -2.01. The Morgan fingerprint density at radius 1 is 1.22 bits per heavy atom. The van der Waals surface area contributed by atoms with E-state index >= 15 is 0 Å². The van der Waals surface area contributed by atoms with E-state index in [1.54, 1.807) is 18.2 Å². The summed E-state index contributed by atoms with van der Waals surface area (Å²) < 4.78 is 20.6. The summed E-state index contributed by atoms with van der Waals surface area (Å²) >= 11 is 0. The molecule has 0 bridgehead atoms. The third-order valence-corrected chi connectivity index (χ3v) is 4.50. The second kappa shape index (κ2) is 9.25. The number of para-hydroxylation sites is 1. The molecular formula is C21H20N2O9. The van der Waals surface area contributed by atoms with Gasteiger partial charge in [-0.2, -0.15) is 0 Å². The Hall–Kier alpha value is -4.28. The molecule has 1 unspecified atom stereocenters. The van der Waals surface area contributed by atoms with Crippen LogP contribution in [-0.4, -0.2) is 54.2 Å². The average Bonchev–Trinajstić information content (AvgIpc) is 3.34. The van der Waals surface area contributed by atoms with Gasteiger partial charge in [-0.15, -0.1) is 0 Å². The minimum absolute atomic E-state index is 0.0592. The molecule has 1 aliphatic rings. The minimum Gasteiger partial charge on any atom is -0.493 e. The molecule has 11 heteroatoms. The number of carboxylic acid groups (broad SMARTS) is 1. The molecule has 1 atom stereocenters. The number of aliphatic carboxylic acids is 1. The lowest BCUT2D eigenvalue weighted by molar-refractivity contribution is -0.144. The first-order valence-electron chi connectivity index (χ1n) is 9.33. The van der Waals surface area contributed by atoms with Crippen molar-refractivity contribution in [2.24, 2.45) is 0 Å². The van der Waals surface area contributed by atoms with Gasteiger partial charge in [0.1, 0.15) is 11.5 Å². The van der Waals surface area contributed by atoms with Gasteiger partial charge in [0, 0.05) is 5.56 Å². The van der Waals surface area contributed by atoms with Crippen LogP contribution in [0.1, 0.15) is 28.8 Å². The van der Waals surface area contributed by atoms with Crippen LogP contribution in [0, 0.1) is 0 Å². The zero-order chi connectivity index (χ0) is 23.4. The van der Waals surface area contributed by atoms with E-state index in [9.17, 15) is 19.2 Å². The number of hydrogen-bond donors (Lipinski definition) is 2. The van der Waals surface area contributed by atoms with Gasteiger partial charge < -0.3 is 29.1 Å². The Kier molecular flexibility index (Phi) is 6.47. The molecule has 11 nitrogen and oxygen atoms in total. The standard InChI is InChI=1S/C21H20N2O9/c1-11(19(25)26)31-17-12(5-4-6-15(17)29-2)9-14-18(24)23(21(28)22-14)10-13-7-8-16(32-13)20(27)30-3/h4-9,11H,10H2,1-3H3,(H,22,28)(H,25,26). The highest BCUT2D eigenvalue weighted by Gasteiger charge is 2.35. The fourth-order valence-electron chi connectivity index (χ4n) is 2.86. The number of imide groups is 1. The van der Waals surface area contributed by atoms with Crippen LogP contribution in [0.2, 0.25) is 0 Å². The number of nitrogens with zero attached hydrogens (tertiary/aromatic N) is 1. The molecule has 1 saturated heterocycles. The van der Waals surface area contributed by atoms with Crippen molar-refractivity contribution < 1.29 is 42.9 Å². The first-order chi connectivity index (χ1) is 15.2. The highest BCUT2D eigenvalue weighted by Crippen LogP contribution is 2.34. The molecule has 1 aliphatic heterocycles. The van der Waals surface area contributed by atoms with Crippen LogP contribution in [0.25, 0.3) is 6.08 Å². The summed E-state index contributed by atoms with van der Waals surface area (Å²) in [4.78, 5) is 48.7. The van der Waals surface area contributed by atoms with E-state index in [2.05, 4.69) is 10.1 Å². The minimum atomic E-state index is -1.18. The zero-order valence-corrected chi connectivity index (χ0v) is 17.4. The lowest BCUT2D eigenvalue weighted by atomic mass is 10.1. The maximum Gasteiger partial charge on any atom is 0.373 e. The first-order valence-corrected chi connectivity index (χ1v) is 9.33. The van der Waals surface area contributed by atoms with Crippen molar-refractivity contribution in [1.82, 2.24) is 10.2 Å². The Morgan fingerprint density at radius 3 is 2.62 bits per heavy atom. The number of esters is 1. The van der Waals surface area contributed by atoms with Crippen LogP contribution in [-0.2, 0) is 20.9 Å². The maximum atomic E-state index is 12.8. The third-order valence-electron chi connectivity index (χ3n) is 4.50. The number of rotatable bonds is 8.